The van der Waals surface area contributed by atoms with E-state index in [1.807, 2.05) is 109 Å². The maximum Gasteiger partial charge on any atom is 0.258 e. The maximum absolute atomic E-state index is 14.2. The van der Waals surface area contributed by atoms with Crippen LogP contribution in [0.3, 0.4) is 0 Å². The molecule has 0 bridgehead atoms. The molecule has 0 radical (unpaired) electrons. The summed E-state index contributed by atoms with van der Waals surface area (Å²) in [7, 11) is 0. The average Bonchev–Trinajstić information content (AvgIpc) is 3.19. The van der Waals surface area contributed by atoms with Gasteiger partial charge in [0.15, 0.2) is 0 Å². The number of halogens is 2. The lowest BCUT2D eigenvalue weighted by Gasteiger charge is -2.29. The Kier molecular flexibility index (Phi) is 12.9. The third-order valence-electron chi connectivity index (χ3n) is 8.51. The summed E-state index contributed by atoms with van der Waals surface area (Å²) in [5, 5.41) is 0. The number of nitrogens with zero attached hydrogens (tertiary/aromatic N) is 2. The van der Waals surface area contributed by atoms with Crippen LogP contribution in [-0.2, 0) is 12.8 Å². The number of carbonyl (C=O) groups is 2. The summed E-state index contributed by atoms with van der Waals surface area (Å²) in [6.07, 6.45) is 1.55. The topological polar surface area (TPSA) is 59.1 Å². The number of anilines is 2. The lowest BCUT2D eigenvalue weighted by atomic mass is 10.1. The van der Waals surface area contributed by atoms with Crippen molar-refractivity contribution in [2.24, 2.45) is 0 Å². The van der Waals surface area contributed by atoms with E-state index in [9.17, 15) is 9.59 Å². The summed E-state index contributed by atoms with van der Waals surface area (Å²) in [4.78, 5) is 31.8. The van der Waals surface area contributed by atoms with Crippen LogP contribution in [0.1, 0.15) is 31.8 Å². The number of hydrogen-bond donors (Lipinski definition) is 0. The highest BCUT2D eigenvalue weighted by molar-refractivity contribution is 9.11. The molecule has 2 amide bonds. The molecule has 8 heteroatoms. The minimum absolute atomic E-state index is 0.192. The van der Waals surface area contributed by atoms with Gasteiger partial charge < -0.3 is 19.3 Å². The first kappa shape index (κ1) is 36.6. The van der Waals surface area contributed by atoms with Crippen LogP contribution in [0.4, 0.5) is 11.4 Å². The molecule has 0 saturated heterocycles. The zero-order valence-corrected chi connectivity index (χ0v) is 31.7. The van der Waals surface area contributed by atoms with Crippen molar-refractivity contribution in [2.45, 2.75) is 12.8 Å². The standard InChI is InChI=1S/C44H38Br2N2O4/c45-39-31-35(21-23-41(39)51-29-25-33-13-5-1-6-14-33)43(49)47(37-17-9-3-10-18-37)27-28-48(38-19-11-4-12-20-38)44(50)36-22-24-42(40(46)32-36)52-30-26-34-15-7-2-8-16-34/h1-24,31-32H,25-30H2. The minimum Gasteiger partial charge on any atom is -0.492 e. The van der Waals surface area contributed by atoms with Gasteiger partial charge in [-0.25, -0.2) is 0 Å². The summed E-state index contributed by atoms with van der Waals surface area (Å²) in [5.41, 5.74) is 4.84. The van der Waals surface area contributed by atoms with Crippen molar-refractivity contribution in [3.05, 3.63) is 189 Å². The maximum atomic E-state index is 14.2. The number of benzene rings is 6. The first-order valence-corrected chi connectivity index (χ1v) is 18.7. The van der Waals surface area contributed by atoms with Crippen LogP contribution in [0.5, 0.6) is 11.5 Å². The largest absolute Gasteiger partial charge is 0.492 e. The summed E-state index contributed by atoms with van der Waals surface area (Å²) in [6.45, 7) is 1.52. The van der Waals surface area contributed by atoms with Crippen molar-refractivity contribution in [1.82, 2.24) is 0 Å². The molecule has 0 aliphatic rings. The predicted octanol–water partition coefficient (Wildman–Crippen LogP) is 10.4. The Morgan fingerprint density at radius 3 is 1.15 bits per heavy atom. The zero-order valence-electron chi connectivity index (χ0n) is 28.5. The number of hydrogen-bond acceptors (Lipinski definition) is 4. The normalized spacial score (nSPS) is 10.7. The Morgan fingerprint density at radius 2 is 0.808 bits per heavy atom. The number of para-hydroxylation sites is 2. The van der Waals surface area contributed by atoms with E-state index in [0.29, 0.717) is 44.8 Å². The third kappa shape index (κ3) is 9.78. The number of amides is 2. The SMILES string of the molecule is O=C(c1ccc(OCCc2ccccc2)c(Br)c1)N(CCN(C(=O)c1ccc(OCCc2ccccc2)c(Br)c1)c1ccccc1)c1ccccc1. The highest BCUT2D eigenvalue weighted by Gasteiger charge is 2.24. The van der Waals surface area contributed by atoms with E-state index in [0.717, 1.165) is 24.2 Å². The van der Waals surface area contributed by atoms with E-state index in [2.05, 4.69) is 56.1 Å². The van der Waals surface area contributed by atoms with Crippen LogP contribution in [0.15, 0.2) is 167 Å². The molecule has 0 atom stereocenters. The van der Waals surface area contributed by atoms with Gasteiger partial charge in [0, 0.05) is 48.4 Å². The van der Waals surface area contributed by atoms with Gasteiger partial charge in [-0.2, -0.15) is 0 Å². The second kappa shape index (κ2) is 18.4. The molecule has 0 saturated carbocycles. The van der Waals surface area contributed by atoms with Crippen LogP contribution >= 0.6 is 31.9 Å². The highest BCUT2D eigenvalue weighted by Crippen LogP contribution is 2.30. The van der Waals surface area contributed by atoms with Gasteiger partial charge in [-0.05, 0) is 104 Å². The lowest BCUT2D eigenvalue weighted by molar-refractivity contribution is 0.0968. The fourth-order valence-corrected chi connectivity index (χ4v) is 6.76. The smallest absolute Gasteiger partial charge is 0.258 e. The van der Waals surface area contributed by atoms with Crippen LogP contribution < -0.4 is 19.3 Å². The lowest BCUT2D eigenvalue weighted by Crippen LogP contribution is -2.41. The Labute approximate surface area is 321 Å². The van der Waals surface area contributed by atoms with Crippen LogP contribution in [0, 0.1) is 0 Å². The van der Waals surface area contributed by atoms with Gasteiger partial charge in [-0.15, -0.1) is 0 Å². The summed E-state index contributed by atoms with van der Waals surface area (Å²) >= 11 is 7.24. The van der Waals surface area contributed by atoms with Crippen LogP contribution in [0.25, 0.3) is 0 Å². The molecule has 6 rings (SSSR count). The van der Waals surface area contributed by atoms with Crippen LogP contribution in [-0.4, -0.2) is 38.1 Å². The minimum atomic E-state index is -0.192. The molecule has 0 aliphatic carbocycles. The Hall–Kier alpha value is -5.18. The second-order valence-electron chi connectivity index (χ2n) is 12.0. The molecule has 0 unspecified atom stereocenters. The molecule has 52 heavy (non-hydrogen) atoms. The molecule has 6 nitrogen and oxygen atoms in total. The Bertz CT molecular complexity index is 1910. The molecule has 0 N–H and O–H groups in total. The highest BCUT2D eigenvalue weighted by atomic mass is 79.9. The molecular formula is C44H38Br2N2O4. The van der Waals surface area contributed by atoms with Crippen molar-refractivity contribution in [3.63, 3.8) is 0 Å². The fraction of sp³-hybridized carbons (Fsp3) is 0.136. The van der Waals surface area contributed by atoms with Crippen molar-refractivity contribution >= 4 is 55.0 Å². The average molecular weight is 819 g/mol. The van der Waals surface area contributed by atoms with Crippen LogP contribution in [0.2, 0.25) is 0 Å². The van der Waals surface area contributed by atoms with E-state index in [1.54, 1.807) is 34.1 Å². The fourth-order valence-electron chi connectivity index (χ4n) is 5.77. The first-order chi connectivity index (χ1) is 25.5. The third-order valence-corrected chi connectivity index (χ3v) is 9.75. The molecule has 0 aromatic heterocycles. The van der Waals surface area contributed by atoms with Gasteiger partial charge in [-0.1, -0.05) is 97.1 Å². The quantitative estimate of drug-likeness (QED) is 0.104. The van der Waals surface area contributed by atoms with Crippen molar-refractivity contribution in [1.29, 1.82) is 0 Å². The molecular weight excluding hydrogens is 780 g/mol. The van der Waals surface area contributed by atoms with Gasteiger partial charge in [0.2, 0.25) is 0 Å². The van der Waals surface area contributed by atoms with Crippen molar-refractivity contribution in [3.8, 4) is 11.5 Å². The molecule has 0 fully saturated rings. The van der Waals surface area contributed by atoms with E-state index in [4.69, 9.17) is 9.47 Å². The Morgan fingerprint density at radius 1 is 0.462 bits per heavy atom. The van der Waals surface area contributed by atoms with Gasteiger partial charge in [0.25, 0.3) is 11.8 Å². The number of carbonyl (C=O) groups excluding carboxylic acids is 2. The summed E-state index contributed by atoms with van der Waals surface area (Å²) in [5.74, 6) is 0.947. The second-order valence-corrected chi connectivity index (χ2v) is 13.8. The molecule has 262 valence electrons. The van der Waals surface area contributed by atoms with Crippen molar-refractivity contribution in [2.75, 3.05) is 36.1 Å². The predicted molar refractivity (Wildman–Crippen MR) is 216 cm³/mol. The zero-order chi connectivity index (χ0) is 36.1. The Balaban J connectivity index is 1.17. The van der Waals surface area contributed by atoms with Gasteiger partial charge in [0.1, 0.15) is 11.5 Å². The van der Waals surface area contributed by atoms with Gasteiger partial charge in [0.05, 0.1) is 22.2 Å². The van der Waals surface area contributed by atoms with Gasteiger partial charge >= 0.3 is 0 Å². The van der Waals surface area contributed by atoms with E-state index < -0.39 is 0 Å². The van der Waals surface area contributed by atoms with E-state index in [-0.39, 0.29) is 24.9 Å². The monoisotopic (exact) mass is 816 g/mol. The van der Waals surface area contributed by atoms with Crippen molar-refractivity contribution < 1.29 is 19.1 Å². The van der Waals surface area contributed by atoms with E-state index in [1.165, 1.54) is 11.1 Å². The number of rotatable bonds is 15. The molecule has 0 aliphatic heterocycles. The van der Waals surface area contributed by atoms with Gasteiger partial charge in [-0.3, -0.25) is 9.59 Å². The molecule has 6 aromatic carbocycles. The first-order valence-electron chi connectivity index (χ1n) is 17.1. The summed E-state index contributed by atoms with van der Waals surface area (Å²) in [6, 6.07) is 50.1. The summed E-state index contributed by atoms with van der Waals surface area (Å²) < 4.78 is 13.5. The van der Waals surface area contributed by atoms with E-state index >= 15 is 0 Å². The molecule has 0 spiro atoms. The number of ether oxygens (including phenoxy) is 2. The molecule has 6 aromatic rings. The molecule has 0 heterocycles.